The van der Waals surface area contributed by atoms with E-state index in [1.807, 2.05) is 0 Å². The van der Waals surface area contributed by atoms with Gasteiger partial charge in [-0.05, 0) is 43.7 Å². The average molecular weight is 257 g/mol. The SMILES string of the molecule is Cc1ccc2c(c1)CCN(C(=N)N1CCCCC1)C2. The highest BCUT2D eigenvalue weighted by molar-refractivity contribution is 5.77. The first-order chi connectivity index (χ1) is 9.24. The first-order valence-corrected chi connectivity index (χ1v) is 7.41. The number of nitrogens with zero attached hydrogens (tertiary/aromatic N) is 2. The van der Waals surface area contributed by atoms with Gasteiger partial charge in [-0.15, -0.1) is 0 Å². The lowest BCUT2D eigenvalue weighted by Gasteiger charge is -2.38. The molecule has 0 radical (unpaired) electrons. The summed E-state index contributed by atoms with van der Waals surface area (Å²) in [6.07, 6.45) is 4.89. The van der Waals surface area contributed by atoms with Gasteiger partial charge in [0.1, 0.15) is 0 Å². The van der Waals surface area contributed by atoms with Crippen LogP contribution in [0.4, 0.5) is 0 Å². The Balaban J connectivity index is 1.71. The minimum Gasteiger partial charge on any atom is -0.343 e. The summed E-state index contributed by atoms with van der Waals surface area (Å²) in [6.45, 7) is 6.19. The van der Waals surface area contributed by atoms with E-state index < -0.39 is 0 Å². The van der Waals surface area contributed by atoms with Gasteiger partial charge in [-0.25, -0.2) is 0 Å². The van der Waals surface area contributed by atoms with Crippen LogP contribution in [0.15, 0.2) is 18.2 Å². The maximum absolute atomic E-state index is 8.41. The third kappa shape index (κ3) is 2.60. The third-order valence-electron chi connectivity index (χ3n) is 4.33. The van der Waals surface area contributed by atoms with E-state index in [-0.39, 0.29) is 0 Å². The number of aryl methyl sites for hydroxylation is 1. The van der Waals surface area contributed by atoms with E-state index >= 15 is 0 Å². The summed E-state index contributed by atoms with van der Waals surface area (Å²) in [6, 6.07) is 6.73. The molecule has 2 aliphatic rings. The zero-order chi connectivity index (χ0) is 13.2. The summed E-state index contributed by atoms with van der Waals surface area (Å²) in [4.78, 5) is 4.49. The monoisotopic (exact) mass is 257 g/mol. The quantitative estimate of drug-likeness (QED) is 0.572. The molecule has 0 spiro atoms. The van der Waals surface area contributed by atoms with Crippen molar-refractivity contribution in [2.45, 2.75) is 39.2 Å². The van der Waals surface area contributed by atoms with Crippen LogP contribution in [0.2, 0.25) is 0 Å². The molecule has 19 heavy (non-hydrogen) atoms. The molecule has 0 bridgehead atoms. The molecule has 0 aliphatic carbocycles. The Morgan fingerprint density at radius 3 is 2.58 bits per heavy atom. The van der Waals surface area contributed by atoms with Gasteiger partial charge in [0.05, 0.1) is 0 Å². The fraction of sp³-hybridized carbons (Fsp3) is 0.562. The second-order valence-corrected chi connectivity index (χ2v) is 5.82. The van der Waals surface area contributed by atoms with Crippen LogP contribution < -0.4 is 0 Å². The lowest BCUT2D eigenvalue weighted by Crippen LogP contribution is -2.47. The Kier molecular flexibility index (Phi) is 3.45. The molecule has 2 heterocycles. The maximum Gasteiger partial charge on any atom is 0.194 e. The van der Waals surface area contributed by atoms with E-state index in [4.69, 9.17) is 5.41 Å². The summed E-state index contributed by atoms with van der Waals surface area (Å²) in [5.41, 5.74) is 4.22. The molecule has 3 heteroatoms. The highest BCUT2D eigenvalue weighted by Gasteiger charge is 2.23. The molecular formula is C16H23N3. The fourth-order valence-corrected chi connectivity index (χ4v) is 3.17. The van der Waals surface area contributed by atoms with Gasteiger partial charge in [-0.2, -0.15) is 0 Å². The first kappa shape index (κ1) is 12.5. The zero-order valence-corrected chi connectivity index (χ0v) is 11.8. The van der Waals surface area contributed by atoms with Gasteiger partial charge >= 0.3 is 0 Å². The van der Waals surface area contributed by atoms with Crippen molar-refractivity contribution >= 4 is 5.96 Å². The molecule has 0 saturated carbocycles. The highest BCUT2D eigenvalue weighted by atomic mass is 15.4. The van der Waals surface area contributed by atoms with Gasteiger partial charge in [0, 0.05) is 26.2 Å². The lowest BCUT2D eigenvalue weighted by atomic mass is 9.98. The van der Waals surface area contributed by atoms with Crippen molar-refractivity contribution in [2.24, 2.45) is 0 Å². The Hall–Kier alpha value is -1.51. The molecule has 0 unspecified atom stereocenters. The van der Waals surface area contributed by atoms with Crippen LogP contribution >= 0.6 is 0 Å². The molecule has 3 nitrogen and oxygen atoms in total. The highest BCUT2D eigenvalue weighted by Crippen LogP contribution is 2.21. The van der Waals surface area contributed by atoms with E-state index in [1.54, 1.807) is 0 Å². The van der Waals surface area contributed by atoms with Crippen molar-refractivity contribution in [2.75, 3.05) is 19.6 Å². The van der Waals surface area contributed by atoms with Gasteiger partial charge in [0.25, 0.3) is 0 Å². The second kappa shape index (κ2) is 5.24. The number of hydrogen-bond acceptors (Lipinski definition) is 1. The van der Waals surface area contributed by atoms with Gasteiger partial charge in [0.15, 0.2) is 5.96 Å². The van der Waals surface area contributed by atoms with Crippen molar-refractivity contribution in [1.29, 1.82) is 5.41 Å². The first-order valence-electron chi connectivity index (χ1n) is 7.41. The summed E-state index contributed by atoms with van der Waals surface area (Å²) in [5, 5.41) is 8.41. The van der Waals surface area contributed by atoms with Gasteiger partial charge in [-0.3, -0.25) is 5.41 Å². The summed E-state index contributed by atoms with van der Waals surface area (Å²) < 4.78 is 0. The van der Waals surface area contributed by atoms with Gasteiger partial charge in [-0.1, -0.05) is 23.8 Å². The van der Waals surface area contributed by atoms with Crippen molar-refractivity contribution < 1.29 is 0 Å². The van der Waals surface area contributed by atoms with Crippen LogP contribution in [-0.2, 0) is 13.0 Å². The smallest absolute Gasteiger partial charge is 0.194 e. The van der Waals surface area contributed by atoms with Crippen LogP contribution in [0.5, 0.6) is 0 Å². The van der Waals surface area contributed by atoms with Gasteiger partial charge < -0.3 is 9.80 Å². The minimum absolute atomic E-state index is 0.742. The predicted molar refractivity (Wildman–Crippen MR) is 78.4 cm³/mol. The summed E-state index contributed by atoms with van der Waals surface area (Å²) in [7, 11) is 0. The van der Waals surface area contributed by atoms with E-state index in [1.165, 1.54) is 36.0 Å². The summed E-state index contributed by atoms with van der Waals surface area (Å²) in [5.74, 6) is 0.742. The number of rotatable bonds is 0. The molecule has 0 atom stereocenters. The number of benzene rings is 1. The molecule has 1 fully saturated rings. The molecule has 1 aromatic carbocycles. The molecule has 1 saturated heterocycles. The second-order valence-electron chi connectivity index (χ2n) is 5.82. The molecule has 1 aromatic rings. The van der Waals surface area contributed by atoms with E-state index in [0.29, 0.717) is 0 Å². The van der Waals surface area contributed by atoms with Crippen molar-refractivity contribution in [1.82, 2.24) is 9.80 Å². The van der Waals surface area contributed by atoms with Crippen molar-refractivity contribution in [3.05, 3.63) is 34.9 Å². The van der Waals surface area contributed by atoms with E-state index in [9.17, 15) is 0 Å². The van der Waals surface area contributed by atoms with Crippen LogP contribution in [0.25, 0.3) is 0 Å². The largest absolute Gasteiger partial charge is 0.343 e. The van der Waals surface area contributed by atoms with E-state index in [2.05, 4.69) is 34.9 Å². The molecule has 1 N–H and O–H groups in total. The van der Waals surface area contributed by atoms with Crippen LogP contribution in [-0.4, -0.2) is 35.4 Å². The third-order valence-corrected chi connectivity index (χ3v) is 4.33. The Morgan fingerprint density at radius 2 is 1.79 bits per heavy atom. The molecule has 0 aromatic heterocycles. The predicted octanol–water partition coefficient (Wildman–Crippen LogP) is 2.77. The average Bonchev–Trinajstić information content (AvgIpc) is 2.47. The Morgan fingerprint density at radius 1 is 1.00 bits per heavy atom. The summed E-state index contributed by atoms with van der Waals surface area (Å²) >= 11 is 0. The molecular weight excluding hydrogens is 234 g/mol. The molecule has 3 rings (SSSR count). The van der Waals surface area contributed by atoms with E-state index in [0.717, 1.165) is 38.6 Å². The standard InChI is InChI=1S/C16H23N3/c1-13-5-6-15-12-19(10-7-14(15)11-13)16(17)18-8-3-2-4-9-18/h5-6,11,17H,2-4,7-10,12H2,1H3. The Bertz CT molecular complexity index is 475. The topological polar surface area (TPSA) is 30.3 Å². The molecule has 0 amide bonds. The number of fused-ring (bicyclic) bond motifs is 1. The van der Waals surface area contributed by atoms with Crippen molar-refractivity contribution in [3.63, 3.8) is 0 Å². The maximum atomic E-state index is 8.41. The normalized spacial score (nSPS) is 19.2. The van der Waals surface area contributed by atoms with Crippen molar-refractivity contribution in [3.8, 4) is 0 Å². The van der Waals surface area contributed by atoms with Crippen LogP contribution in [0.1, 0.15) is 36.0 Å². The minimum atomic E-state index is 0.742. The number of nitrogens with one attached hydrogen (secondary N) is 1. The number of likely N-dealkylation sites (tertiary alicyclic amines) is 1. The van der Waals surface area contributed by atoms with Crippen LogP contribution in [0.3, 0.4) is 0 Å². The van der Waals surface area contributed by atoms with Gasteiger partial charge in [0.2, 0.25) is 0 Å². The fourth-order valence-electron chi connectivity index (χ4n) is 3.17. The lowest BCUT2D eigenvalue weighted by molar-refractivity contribution is 0.268. The number of piperidine rings is 1. The molecule has 102 valence electrons. The number of guanidine groups is 1. The number of hydrogen-bond donors (Lipinski definition) is 1. The molecule has 2 aliphatic heterocycles. The zero-order valence-electron chi connectivity index (χ0n) is 11.8. The van der Waals surface area contributed by atoms with Crippen LogP contribution in [0, 0.1) is 12.3 Å². The Labute approximate surface area is 115 Å².